The SMILES string of the molecule is CC(=O)N(CC(=O)N(C)c1ccccc1)c1ccc(F)cc1F. The van der Waals surface area contributed by atoms with Gasteiger partial charge in [-0.05, 0) is 24.3 Å². The van der Waals surface area contributed by atoms with Gasteiger partial charge in [0.15, 0.2) is 0 Å². The van der Waals surface area contributed by atoms with E-state index in [1.807, 2.05) is 6.07 Å². The molecule has 0 fully saturated rings. The Balaban J connectivity index is 2.23. The molecule has 2 aromatic rings. The van der Waals surface area contributed by atoms with Gasteiger partial charge in [-0.3, -0.25) is 9.59 Å². The molecule has 6 heteroatoms. The minimum Gasteiger partial charge on any atom is -0.314 e. The largest absolute Gasteiger partial charge is 0.314 e. The van der Waals surface area contributed by atoms with E-state index >= 15 is 0 Å². The van der Waals surface area contributed by atoms with E-state index in [1.54, 1.807) is 31.3 Å². The molecule has 0 aromatic heterocycles. The number of carbonyl (C=O) groups is 2. The van der Waals surface area contributed by atoms with E-state index in [1.165, 1.54) is 11.8 Å². The second-order valence-corrected chi connectivity index (χ2v) is 4.99. The van der Waals surface area contributed by atoms with Crippen LogP contribution in [0.1, 0.15) is 6.92 Å². The first-order valence-corrected chi connectivity index (χ1v) is 6.95. The van der Waals surface area contributed by atoms with Crippen LogP contribution in [-0.4, -0.2) is 25.4 Å². The highest BCUT2D eigenvalue weighted by Crippen LogP contribution is 2.21. The predicted octanol–water partition coefficient (Wildman–Crippen LogP) is 2.98. The quantitative estimate of drug-likeness (QED) is 0.869. The number of rotatable bonds is 4. The molecule has 0 atom stereocenters. The highest BCUT2D eigenvalue weighted by Gasteiger charge is 2.22. The Morgan fingerprint density at radius 2 is 1.70 bits per heavy atom. The Kier molecular flexibility index (Phi) is 5.05. The van der Waals surface area contributed by atoms with E-state index in [-0.39, 0.29) is 12.2 Å². The van der Waals surface area contributed by atoms with Gasteiger partial charge >= 0.3 is 0 Å². The average molecular weight is 318 g/mol. The van der Waals surface area contributed by atoms with Gasteiger partial charge in [-0.25, -0.2) is 8.78 Å². The third kappa shape index (κ3) is 3.91. The van der Waals surface area contributed by atoms with Crippen LogP contribution in [0.4, 0.5) is 20.2 Å². The third-order valence-electron chi connectivity index (χ3n) is 3.39. The lowest BCUT2D eigenvalue weighted by atomic mass is 10.2. The molecule has 0 radical (unpaired) electrons. The van der Waals surface area contributed by atoms with Crippen LogP contribution in [0.5, 0.6) is 0 Å². The summed E-state index contributed by atoms with van der Waals surface area (Å²) in [6.45, 7) is 0.877. The van der Waals surface area contributed by atoms with Gasteiger partial charge in [0.1, 0.15) is 18.2 Å². The summed E-state index contributed by atoms with van der Waals surface area (Å²) in [6, 6.07) is 11.7. The number of hydrogen-bond donors (Lipinski definition) is 0. The zero-order valence-corrected chi connectivity index (χ0v) is 12.8. The summed E-state index contributed by atoms with van der Waals surface area (Å²) in [5.74, 6) is -2.54. The molecule has 0 unspecified atom stereocenters. The lowest BCUT2D eigenvalue weighted by Gasteiger charge is -2.24. The molecule has 0 heterocycles. The zero-order chi connectivity index (χ0) is 17.0. The number of likely N-dealkylation sites (N-methyl/N-ethyl adjacent to an activating group) is 1. The Bertz CT molecular complexity index is 720. The summed E-state index contributed by atoms with van der Waals surface area (Å²) in [6.07, 6.45) is 0. The minimum absolute atomic E-state index is 0.131. The lowest BCUT2D eigenvalue weighted by molar-refractivity contribution is -0.121. The number of halogens is 2. The van der Waals surface area contributed by atoms with Crippen molar-refractivity contribution in [3.63, 3.8) is 0 Å². The molecule has 120 valence electrons. The number of amides is 2. The van der Waals surface area contributed by atoms with Crippen LogP contribution in [0.25, 0.3) is 0 Å². The molecule has 0 spiro atoms. The Morgan fingerprint density at radius 1 is 1.04 bits per heavy atom. The molecule has 2 amide bonds. The summed E-state index contributed by atoms with van der Waals surface area (Å²) in [5.41, 5.74) is 0.522. The first kappa shape index (κ1) is 16.6. The van der Waals surface area contributed by atoms with E-state index < -0.39 is 23.4 Å². The van der Waals surface area contributed by atoms with E-state index in [4.69, 9.17) is 0 Å². The van der Waals surface area contributed by atoms with Crippen LogP contribution in [0.15, 0.2) is 48.5 Å². The highest BCUT2D eigenvalue weighted by molar-refractivity contribution is 6.02. The van der Waals surface area contributed by atoms with Gasteiger partial charge < -0.3 is 9.80 Å². The number of para-hydroxylation sites is 1. The molecule has 0 saturated carbocycles. The number of nitrogens with zero attached hydrogens (tertiary/aromatic N) is 2. The average Bonchev–Trinajstić information content (AvgIpc) is 2.53. The molecule has 0 N–H and O–H groups in total. The van der Waals surface area contributed by atoms with Crippen molar-refractivity contribution in [3.05, 3.63) is 60.2 Å². The van der Waals surface area contributed by atoms with Gasteiger partial charge in [-0.15, -0.1) is 0 Å². The highest BCUT2D eigenvalue weighted by atomic mass is 19.1. The molecule has 4 nitrogen and oxygen atoms in total. The smallest absolute Gasteiger partial charge is 0.246 e. The summed E-state index contributed by atoms with van der Waals surface area (Å²) in [7, 11) is 1.57. The van der Waals surface area contributed by atoms with Gasteiger partial charge in [0.05, 0.1) is 5.69 Å². The van der Waals surface area contributed by atoms with Crippen molar-refractivity contribution < 1.29 is 18.4 Å². The van der Waals surface area contributed by atoms with Crippen LogP contribution in [0, 0.1) is 11.6 Å². The van der Waals surface area contributed by atoms with Crippen LogP contribution in [-0.2, 0) is 9.59 Å². The summed E-state index contributed by atoms with van der Waals surface area (Å²) in [5, 5.41) is 0. The van der Waals surface area contributed by atoms with E-state index in [0.29, 0.717) is 11.8 Å². The topological polar surface area (TPSA) is 40.6 Å². The van der Waals surface area contributed by atoms with Crippen molar-refractivity contribution in [2.24, 2.45) is 0 Å². The fourth-order valence-corrected chi connectivity index (χ4v) is 2.10. The van der Waals surface area contributed by atoms with Gasteiger partial charge in [0, 0.05) is 25.7 Å². The normalized spacial score (nSPS) is 10.3. The van der Waals surface area contributed by atoms with E-state index in [2.05, 4.69) is 0 Å². The molecule has 0 saturated heterocycles. The molecule has 23 heavy (non-hydrogen) atoms. The first-order valence-electron chi connectivity index (χ1n) is 6.95. The minimum atomic E-state index is -0.893. The van der Waals surface area contributed by atoms with Crippen molar-refractivity contribution in [2.45, 2.75) is 6.92 Å². The summed E-state index contributed by atoms with van der Waals surface area (Å²) >= 11 is 0. The number of anilines is 2. The first-order chi connectivity index (χ1) is 10.9. The van der Waals surface area contributed by atoms with Crippen LogP contribution in [0.3, 0.4) is 0 Å². The van der Waals surface area contributed by atoms with Gasteiger partial charge in [-0.1, -0.05) is 18.2 Å². The standard InChI is InChI=1S/C17H16F2N2O2/c1-12(22)21(16-9-8-13(18)10-15(16)19)11-17(23)20(2)14-6-4-3-5-7-14/h3-10H,11H2,1-2H3. The van der Waals surface area contributed by atoms with Crippen molar-refractivity contribution >= 4 is 23.2 Å². The molecular formula is C17H16F2N2O2. The molecular weight excluding hydrogens is 302 g/mol. The molecule has 0 aliphatic carbocycles. The molecule has 2 rings (SSSR count). The van der Waals surface area contributed by atoms with Crippen molar-refractivity contribution in [3.8, 4) is 0 Å². The van der Waals surface area contributed by atoms with Gasteiger partial charge in [-0.2, -0.15) is 0 Å². The van der Waals surface area contributed by atoms with Crippen molar-refractivity contribution in [1.82, 2.24) is 0 Å². The number of carbonyl (C=O) groups excluding carboxylic acids is 2. The maximum absolute atomic E-state index is 13.9. The zero-order valence-electron chi connectivity index (χ0n) is 12.8. The summed E-state index contributed by atoms with van der Waals surface area (Å²) in [4.78, 5) is 26.5. The summed E-state index contributed by atoms with van der Waals surface area (Å²) < 4.78 is 26.9. The Labute approximate surface area is 132 Å². The van der Waals surface area contributed by atoms with Crippen molar-refractivity contribution in [1.29, 1.82) is 0 Å². The predicted molar refractivity (Wildman–Crippen MR) is 84.2 cm³/mol. The van der Waals surface area contributed by atoms with Crippen LogP contribution >= 0.6 is 0 Å². The molecule has 0 aliphatic heterocycles. The Morgan fingerprint density at radius 3 is 2.26 bits per heavy atom. The molecule has 0 bridgehead atoms. The Hall–Kier alpha value is -2.76. The second-order valence-electron chi connectivity index (χ2n) is 4.99. The molecule has 2 aromatic carbocycles. The van der Waals surface area contributed by atoms with Crippen LogP contribution in [0.2, 0.25) is 0 Å². The monoisotopic (exact) mass is 318 g/mol. The second kappa shape index (κ2) is 7.00. The van der Waals surface area contributed by atoms with E-state index in [0.717, 1.165) is 17.0 Å². The third-order valence-corrected chi connectivity index (χ3v) is 3.39. The van der Waals surface area contributed by atoms with Crippen LogP contribution < -0.4 is 9.80 Å². The fraction of sp³-hybridized carbons (Fsp3) is 0.176. The number of hydrogen-bond acceptors (Lipinski definition) is 2. The molecule has 0 aliphatic rings. The van der Waals surface area contributed by atoms with E-state index in [9.17, 15) is 18.4 Å². The number of benzene rings is 2. The maximum Gasteiger partial charge on any atom is 0.246 e. The van der Waals surface area contributed by atoms with Gasteiger partial charge in [0.25, 0.3) is 0 Å². The fourth-order valence-electron chi connectivity index (χ4n) is 2.10. The lowest BCUT2D eigenvalue weighted by Crippen LogP contribution is -2.41. The van der Waals surface area contributed by atoms with Gasteiger partial charge in [0.2, 0.25) is 11.8 Å². The maximum atomic E-state index is 13.9. The van der Waals surface area contributed by atoms with Crippen molar-refractivity contribution in [2.75, 3.05) is 23.4 Å².